The summed E-state index contributed by atoms with van der Waals surface area (Å²) in [5.74, 6) is -0.186. The summed E-state index contributed by atoms with van der Waals surface area (Å²) in [6.45, 7) is 3.67. The van der Waals surface area contributed by atoms with Crippen molar-refractivity contribution in [2.45, 2.75) is 26.7 Å². The molecular formula is C19H21ClN2O2. The number of aryl methyl sites for hydroxylation is 1. The maximum absolute atomic E-state index is 12.0. The number of hydrogen-bond donors (Lipinski definition) is 2. The quantitative estimate of drug-likeness (QED) is 0.810. The SMILES string of the molecule is CC(C)C(=O)Nc1ccc(NC(=O)CCc2ccccc2Cl)cc1. The van der Waals surface area contributed by atoms with Crippen LogP contribution in [0.2, 0.25) is 5.02 Å². The molecule has 0 saturated carbocycles. The van der Waals surface area contributed by atoms with Gasteiger partial charge in [0.25, 0.3) is 0 Å². The highest BCUT2D eigenvalue weighted by molar-refractivity contribution is 6.31. The van der Waals surface area contributed by atoms with Crippen molar-refractivity contribution >= 4 is 34.8 Å². The Morgan fingerprint density at radius 1 is 0.958 bits per heavy atom. The Balaban J connectivity index is 1.86. The molecule has 0 fully saturated rings. The largest absolute Gasteiger partial charge is 0.326 e. The molecule has 24 heavy (non-hydrogen) atoms. The average Bonchev–Trinajstić information content (AvgIpc) is 2.56. The summed E-state index contributed by atoms with van der Waals surface area (Å²) >= 11 is 6.08. The van der Waals surface area contributed by atoms with E-state index in [0.29, 0.717) is 29.2 Å². The highest BCUT2D eigenvalue weighted by Crippen LogP contribution is 2.18. The van der Waals surface area contributed by atoms with Crippen molar-refractivity contribution in [3.8, 4) is 0 Å². The van der Waals surface area contributed by atoms with Crippen molar-refractivity contribution < 1.29 is 9.59 Å². The van der Waals surface area contributed by atoms with Crippen LogP contribution in [0.5, 0.6) is 0 Å². The first-order valence-corrected chi connectivity index (χ1v) is 8.27. The van der Waals surface area contributed by atoms with Crippen molar-refractivity contribution in [1.82, 2.24) is 0 Å². The van der Waals surface area contributed by atoms with Gasteiger partial charge in [-0.1, -0.05) is 43.6 Å². The van der Waals surface area contributed by atoms with E-state index in [2.05, 4.69) is 10.6 Å². The van der Waals surface area contributed by atoms with E-state index in [4.69, 9.17) is 11.6 Å². The summed E-state index contributed by atoms with van der Waals surface area (Å²) in [4.78, 5) is 23.7. The summed E-state index contributed by atoms with van der Waals surface area (Å²) in [5, 5.41) is 6.33. The predicted octanol–water partition coefficient (Wildman–Crippen LogP) is 4.51. The van der Waals surface area contributed by atoms with Crippen LogP contribution in [0.1, 0.15) is 25.8 Å². The second kappa shape index (κ2) is 8.50. The lowest BCUT2D eigenvalue weighted by molar-refractivity contribution is -0.119. The topological polar surface area (TPSA) is 58.2 Å². The van der Waals surface area contributed by atoms with E-state index in [-0.39, 0.29) is 17.7 Å². The van der Waals surface area contributed by atoms with Gasteiger partial charge < -0.3 is 10.6 Å². The molecule has 2 aromatic rings. The monoisotopic (exact) mass is 344 g/mol. The van der Waals surface area contributed by atoms with E-state index < -0.39 is 0 Å². The summed E-state index contributed by atoms with van der Waals surface area (Å²) in [7, 11) is 0. The number of rotatable bonds is 6. The van der Waals surface area contributed by atoms with Crippen LogP contribution < -0.4 is 10.6 Å². The number of anilines is 2. The van der Waals surface area contributed by atoms with Crippen LogP contribution in [0.4, 0.5) is 11.4 Å². The Bertz CT molecular complexity index is 712. The first kappa shape index (κ1) is 18.0. The lowest BCUT2D eigenvalue weighted by Crippen LogP contribution is -2.17. The predicted molar refractivity (Wildman–Crippen MR) is 98.3 cm³/mol. The van der Waals surface area contributed by atoms with Gasteiger partial charge in [0.2, 0.25) is 11.8 Å². The molecule has 2 N–H and O–H groups in total. The van der Waals surface area contributed by atoms with Crippen LogP contribution >= 0.6 is 11.6 Å². The molecule has 0 spiro atoms. The van der Waals surface area contributed by atoms with Gasteiger partial charge in [0.1, 0.15) is 0 Å². The number of hydrogen-bond acceptors (Lipinski definition) is 2. The van der Waals surface area contributed by atoms with Crippen LogP contribution in [0.3, 0.4) is 0 Å². The standard InChI is InChI=1S/C19H21ClN2O2/c1-13(2)19(24)22-16-10-8-15(9-11-16)21-18(23)12-7-14-5-3-4-6-17(14)20/h3-6,8-11,13H,7,12H2,1-2H3,(H,21,23)(H,22,24). The van der Waals surface area contributed by atoms with Gasteiger partial charge >= 0.3 is 0 Å². The van der Waals surface area contributed by atoms with Crippen molar-refractivity contribution in [2.75, 3.05) is 10.6 Å². The first-order valence-electron chi connectivity index (χ1n) is 7.90. The normalized spacial score (nSPS) is 10.5. The molecular weight excluding hydrogens is 324 g/mol. The Morgan fingerprint density at radius 2 is 1.54 bits per heavy atom. The molecule has 0 heterocycles. The van der Waals surface area contributed by atoms with Crippen molar-refractivity contribution in [3.63, 3.8) is 0 Å². The molecule has 0 aromatic heterocycles. The highest BCUT2D eigenvalue weighted by Gasteiger charge is 2.08. The molecule has 0 aliphatic heterocycles. The Morgan fingerprint density at radius 3 is 2.12 bits per heavy atom. The minimum absolute atomic E-state index is 0.0356. The van der Waals surface area contributed by atoms with Crippen LogP contribution in [-0.4, -0.2) is 11.8 Å². The lowest BCUT2D eigenvalue weighted by atomic mass is 10.1. The third kappa shape index (κ3) is 5.39. The molecule has 0 atom stereocenters. The summed E-state index contributed by atoms with van der Waals surface area (Å²) < 4.78 is 0. The Labute approximate surface area is 147 Å². The van der Waals surface area contributed by atoms with Crippen molar-refractivity contribution in [1.29, 1.82) is 0 Å². The van der Waals surface area contributed by atoms with Crippen molar-refractivity contribution in [2.24, 2.45) is 5.92 Å². The molecule has 4 nitrogen and oxygen atoms in total. The molecule has 5 heteroatoms. The van der Waals surface area contributed by atoms with Crippen LogP contribution in [0.15, 0.2) is 48.5 Å². The second-order valence-electron chi connectivity index (χ2n) is 5.86. The van der Waals surface area contributed by atoms with Crippen LogP contribution in [0.25, 0.3) is 0 Å². The van der Waals surface area contributed by atoms with Crippen LogP contribution in [-0.2, 0) is 16.0 Å². The van der Waals surface area contributed by atoms with Crippen molar-refractivity contribution in [3.05, 3.63) is 59.1 Å². The molecule has 0 bridgehead atoms. The van der Waals surface area contributed by atoms with E-state index in [1.807, 2.05) is 38.1 Å². The lowest BCUT2D eigenvalue weighted by Gasteiger charge is -2.09. The van der Waals surface area contributed by atoms with E-state index in [0.717, 1.165) is 5.56 Å². The zero-order chi connectivity index (χ0) is 17.5. The van der Waals surface area contributed by atoms with Gasteiger partial charge in [-0.15, -0.1) is 0 Å². The van der Waals surface area contributed by atoms with E-state index in [1.54, 1.807) is 24.3 Å². The minimum atomic E-state index is -0.0751. The van der Waals surface area contributed by atoms with Gasteiger partial charge in [0.15, 0.2) is 0 Å². The number of benzene rings is 2. The third-order valence-electron chi connectivity index (χ3n) is 3.54. The van der Waals surface area contributed by atoms with Gasteiger partial charge in [-0.25, -0.2) is 0 Å². The Kier molecular flexibility index (Phi) is 6.38. The highest BCUT2D eigenvalue weighted by atomic mass is 35.5. The second-order valence-corrected chi connectivity index (χ2v) is 6.27. The molecule has 0 radical (unpaired) electrons. The number of halogens is 1. The summed E-state index contributed by atoms with van der Waals surface area (Å²) in [6, 6.07) is 14.6. The van der Waals surface area contributed by atoms with Gasteiger partial charge in [-0.3, -0.25) is 9.59 Å². The molecule has 0 aliphatic rings. The Hall–Kier alpha value is -2.33. The smallest absolute Gasteiger partial charge is 0.226 e. The zero-order valence-electron chi connectivity index (χ0n) is 13.8. The fourth-order valence-corrected chi connectivity index (χ4v) is 2.33. The average molecular weight is 345 g/mol. The molecule has 0 saturated heterocycles. The fraction of sp³-hybridized carbons (Fsp3) is 0.263. The fourth-order valence-electron chi connectivity index (χ4n) is 2.10. The number of nitrogens with one attached hydrogen (secondary N) is 2. The first-order chi connectivity index (χ1) is 11.5. The number of carbonyl (C=O) groups is 2. The molecule has 2 amide bonds. The van der Waals surface area contributed by atoms with Gasteiger partial charge in [-0.05, 0) is 42.3 Å². The summed E-state index contributed by atoms with van der Waals surface area (Å²) in [6.07, 6.45) is 0.948. The molecule has 126 valence electrons. The van der Waals surface area contributed by atoms with Gasteiger partial charge in [0, 0.05) is 28.7 Å². The van der Waals surface area contributed by atoms with E-state index >= 15 is 0 Å². The maximum Gasteiger partial charge on any atom is 0.226 e. The van der Waals surface area contributed by atoms with E-state index in [1.165, 1.54) is 0 Å². The van der Waals surface area contributed by atoms with E-state index in [9.17, 15) is 9.59 Å². The zero-order valence-corrected chi connectivity index (χ0v) is 14.6. The maximum atomic E-state index is 12.0. The molecule has 0 aliphatic carbocycles. The third-order valence-corrected chi connectivity index (χ3v) is 3.91. The van der Waals surface area contributed by atoms with Crippen LogP contribution in [0, 0.1) is 5.92 Å². The van der Waals surface area contributed by atoms with Gasteiger partial charge in [0.05, 0.1) is 0 Å². The molecule has 0 unspecified atom stereocenters. The summed E-state index contributed by atoms with van der Waals surface area (Å²) in [5.41, 5.74) is 2.37. The number of carbonyl (C=O) groups excluding carboxylic acids is 2. The van der Waals surface area contributed by atoms with Gasteiger partial charge in [-0.2, -0.15) is 0 Å². The number of amides is 2. The minimum Gasteiger partial charge on any atom is -0.326 e. The molecule has 2 rings (SSSR count). The molecule has 2 aromatic carbocycles.